The highest BCUT2D eigenvalue weighted by atomic mass is 15.3. The number of pyridine rings is 3. The number of hydrogen-bond donors (Lipinski definition) is 1. The van der Waals surface area contributed by atoms with Gasteiger partial charge in [0.15, 0.2) is 0 Å². The normalized spacial score (nSPS) is 20.8. The minimum atomic E-state index is 0.595. The van der Waals surface area contributed by atoms with Crippen LogP contribution in [0.5, 0.6) is 0 Å². The summed E-state index contributed by atoms with van der Waals surface area (Å²) < 4.78 is 1.79. The van der Waals surface area contributed by atoms with Crippen LogP contribution in [0.15, 0.2) is 55.1 Å². The number of aromatic nitrogens is 5. The molecular weight excluding hydrogens is 374 g/mol. The van der Waals surface area contributed by atoms with Crippen LogP contribution < -0.4 is 10.2 Å². The molecule has 7 nitrogen and oxygen atoms in total. The lowest BCUT2D eigenvalue weighted by atomic mass is 10.1. The van der Waals surface area contributed by atoms with Crippen LogP contribution in [0.4, 0.5) is 5.82 Å². The van der Waals surface area contributed by atoms with E-state index in [0.29, 0.717) is 12.1 Å². The summed E-state index contributed by atoms with van der Waals surface area (Å²) in [4.78, 5) is 16.8. The molecule has 0 spiro atoms. The first-order chi connectivity index (χ1) is 14.7. The van der Waals surface area contributed by atoms with Gasteiger partial charge in [0.25, 0.3) is 0 Å². The zero-order chi connectivity index (χ0) is 20.1. The molecular formula is C23H23N7. The number of fused-ring (bicyclic) bond motifs is 3. The van der Waals surface area contributed by atoms with Crippen molar-refractivity contribution in [2.24, 2.45) is 7.05 Å². The molecule has 2 fully saturated rings. The summed E-state index contributed by atoms with van der Waals surface area (Å²) in [5.74, 6) is 1.04. The van der Waals surface area contributed by atoms with E-state index in [0.717, 1.165) is 52.3 Å². The Hall–Kier alpha value is -3.32. The third-order valence-corrected chi connectivity index (χ3v) is 6.16. The monoisotopic (exact) mass is 397 g/mol. The van der Waals surface area contributed by atoms with Gasteiger partial charge in [-0.15, -0.1) is 0 Å². The Morgan fingerprint density at radius 3 is 2.60 bits per heavy atom. The Labute approximate surface area is 174 Å². The smallest absolute Gasteiger partial charge is 0.128 e. The van der Waals surface area contributed by atoms with Crippen molar-refractivity contribution in [2.75, 3.05) is 18.0 Å². The van der Waals surface area contributed by atoms with E-state index in [9.17, 15) is 0 Å². The van der Waals surface area contributed by atoms with Crippen LogP contribution in [0.1, 0.15) is 12.8 Å². The summed E-state index contributed by atoms with van der Waals surface area (Å²) in [6.45, 7) is 2.06. The number of piperazine rings is 1. The molecule has 30 heavy (non-hydrogen) atoms. The van der Waals surface area contributed by atoms with Crippen molar-refractivity contribution in [3.05, 3.63) is 55.1 Å². The number of aryl methyl sites for hydroxylation is 1. The first-order valence-electron chi connectivity index (χ1n) is 10.5. The fraction of sp³-hybridized carbons (Fsp3) is 0.304. The quantitative estimate of drug-likeness (QED) is 0.573. The Kier molecular flexibility index (Phi) is 4.02. The standard InChI is InChI=1S/C23H23N7/c1-29-12-16(11-26-29)20-9-21-19(3-2-8-24-21)23(28-20)15-4-7-22(25-10-15)30-13-17-5-6-18(14-30)27-17/h2-4,7-12,17-18,27H,5-6,13-14H2,1H3. The van der Waals surface area contributed by atoms with Crippen molar-refractivity contribution < 1.29 is 0 Å². The largest absolute Gasteiger partial charge is 0.353 e. The highest BCUT2D eigenvalue weighted by molar-refractivity contribution is 5.94. The number of nitrogens with one attached hydrogen (secondary N) is 1. The fourth-order valence-corrected chi connectivity index (χ4v) is 4.69. The number of nitrogens with zero attached hydrogens (tertiary/aromatic N) is 6. The Morgan fingerprint density at radius 1 is 1.00 bits per heavy atom. The van der Waals surface area contributed by atoms with Crippen molar-refractivity contribution in [1.29, 1.82) is 0 Å². The van der Waals surface area contributed by atoms with Crippen LogP contribution in [-0.2, 0) is 7.05 Å². The molecule has 150 valence electrons. The minimum absolute atomic E-state index is 0.595. The predicted molar refractivity (Wildman–Crippen MR) is 117 cm³/mol. The van der Waals surface area contributed by atoms with Crippen molar-refractivity contribution in [3.63, 3.8) is 0 Å². The molecule has 0 saturated carbocycles. The molecule has 2 unspecified atom stereocenters. The van der Waals surface area contributed by atoms with Gasteiger partial charge in [-0.2, -0.15) is 5.10 Å². The first kappa shape index (κ1) is 17.5. The lowest BCUT2D eigenvalue weighted by Gasteiger charge is -2.33. The number of anilines is 1. The lowest BCUT2D eigenvalue weighted by Crippen LogP contribution is -2.51. The molecule has 6 rings (SSSR count). The second-order valence-corrected chi connectivity index (χ2v) is 8.28. The Balaban J connectivity index is 1.40. The van der Waals surface area contributed by atoms with E-state index in [2.05, 4.69) is 38.5 Å². The van der Waals surface area contributed by atoms with Gasteiger partial charge in [-0.25, -0.2) is 9.97 Å². The van der Waals surface area contributed by atoms with Crippen molar-refractivity contribution in [2.45, 2.75) is 24.9 Å². The van der Waals surface area contributed by atoms with Crippen LogP contribution in [-0.4, -0.2) is 49.9 Å². The van der Waals surface area contributed by atoms with E-state index in [4.69, 9.17) is 9.97 Å². The highest BCUT2D eigenvalue weighted by Gasteiger charge is 2.32. The number of hydrogen-bond acceptors (Lipinski definition) is 6. The van der Waals surface area contributed by atoms with Gasteiger partial charge < -0.3 is 10.2 Å². The maximum atomic E-state index is 4.97. The van der Waals surface area contributed by atoms with E-state index in [1.165, 1.54) is 12.8 Å². The van der Waals surface area contributed by atoms with E-state index in [-0.39, 0.29) is 0 Å². The molecule has 2 saturated heterocycles. The van der Waals surface area contributed by atoms with Gasteiger partial charge in [0, 0.05) is 67.3 Å². The van der Waals surface area contributed by atoms with Gasteiger partial charge in [0.1, 0.15) is 5.82 Å². The predicted octanol–water partition coefficient (Wildman–Crippen LogP) is 3.03. The van der Waals surface area contributed by atoms with Gasteiger partial charge in [-0.3, -0.25) is 9.67 Å². The van der Waals surface area contributed by atoms with Gasteiger partial charge in [-0.05, 0) is 43.2 Å². The second-order valence-electron chi connectivity index (χ2n) is 8.28. The summed E-state index contributed by atoms with van der Waals surface area (Å²) >= 11 is 0. The molecule has 2 bridgehead atoms. The fourth-order valence-electron chi connectivity index (χ4n) is 4.69. The topological polar surface area (TPSA) is 71.8 Å². The summed E-state index contributed by atoms with van der Waals surface area (Å²) in [6, 6.07) is 11.5. The van der Waals surface area contributed by atoms with Crippen molar-refractivity contribution >= 4 is 16.7 Å². The molecule has 4 aromatic heterocycles. The van der Waals surface area contributed by atoms with Crippen molar-refractivity contribution in [3.8, 4) is 22.5 Å². The molecule has 6 heterocycles. The molecule has 1 N–H and O–H groups in total. The van der Waals surface area contributed by atoms with Crippen LogP contribution >= 0.6 is 0 Å². The SMILES string of the molecule is Cn1cc(-c2cc3ncccc3c(-c3ccc(N4CC5CCC(C4)N5)nc3)n2)cn1. The van der Waals surface area contributed by atoms with E-state index in [1.807, 2.05) is 44.0 Å². The minimum Gasteiger partial charge on any atom is -0.353 e. The molecule has 0 amide bonds. The average molecular weight is 397 g/mol. The average Bonchev–Trinajstić information content (AvgIpc) is 3.37. The van der Waals surface area contributed by atoms with Crippen LogP contribution in [0, 0.1) is 0 Å². The summed E-state index contributed by atoms with van der Waals surface area (Å²) in [6.07, 6.45) is 10.1. The Morgan fingerprint density at radius 2 is 1.87 bits per heavy atom. The molecule has 0 aliphatic carbocycles. The zero-order valence-corrected chi connectivity index (χ0v) is 16.9. The first-order valence-corrected chi connectivity index (χ1v) is 10.5. The molecule has 0 radical (unpaired) electrons. The Bertz CT molecular complexity index is 1200. The summed E-state index contributed by atoms with van der Waals surface area (Å²) in [5.41, 5.74) is 4.67. The third-order valence-electron chi connectivity index (χ3n) is 6.16. The van der Waals surface area contributed by atoms with Gasteiger partial charge in [0.05, 0.1) is 23.1 Å². The summed E-state index contributed by atoms with van der Waals surface area (Å²) in [7, 11) is 1.91. The molecule has 7 heteroatoms. The third kappa shape index (κ3) is 3.02. The van der Waals surface area contributed by atoms with Crippen molar-refractivity contribution in [1.82, 2.24) is 30.0 Å². The van der Waals surface area contributed by atoms with Gasteiger partial charge in [0.2, 0.25) is 0 Å². The summed E-state index contributed by atoms with van der Waals surface area (Å²) in [5, 5.41) is 8.99. The molecule has 2 aliphatic rings. The van der Waals surface area contributed by atoms with Gasteiger partial charge >= 0.3 is 0 Å². The molecule has 2 aliphatic heterocycles. The van der Waals surface area contributed by atoms with Crippen LogP contribution in [0.25, 0.3) is 33.4 Å². The second kappa shape index (κ2) is 6.88. The van der Waals surface area contributed by atoms with E-state index >= 15 is 0 Å². The van der Waals surface area contributed by atoms with Crippen LogP contribution in [0.2, 0.25) is 0 Å². The van der Waals surface area contributed by atoms with E-state index in [1.54, 1.807) is 4.68 Å². The highest BCUT2D eigenvalue weighted by Crippen LogP contribution is 2.31. The van der Waals surface area contributed by atoms with E-state index < -0.39 is 0 Å². The molecule has 2 atom stereocenters. The maximum Gasteiger partial charge on any atom is 0.128 e. The lowest BCUT2D eigenvalue weighted by molar-refractivity contribution is 0.463. The van der Waals surface area contributed by atoms with Crippen LogP contribution in [0.3, 0.4) is 0 Å². The zero-order valence-electron chi connectivity index (χ0n) is 16.9. The van der Waals surface area contributed by atoms with Gasteiger partial charge in [-0.1, -0.05) is 0 Å². The molecule has 0 aromatic carbocycles. The maximum absolute atomic E-state index is 4.97. The number of rotatable bonds is 3. The molecule has 4 aromatic rings.